The minimum absolute atomic E-state index is 0.0293. The number of piperazine rings is 1. The SMILES string of the molecule is COC(=O)[C@@H]1CN(C(C)=O)CCN1c1ccc(CN2[C@@H](C)CCC(C)S2(=O)=O)c(F)c1. The summed E-state index contributed by atoms with van der Waals surface area (Å²) in [7, 11) is -2.20. The number of sulfonamides is 1. The third-order valence-electron chi connectivity index (χ3n) is 6.31. The third kappa shape index (κ3) is 4.69. The van der Waals surface area contributed by atoms with Crippen molar-refractivity contribution >= 4 is 27.6 Å². The number of carbonyl (C=O) groups excluding carboxylic acids is 2. The van der Waals surface area contributed by atoms with Crippen molar-refractivity contribution in [3.8, 4) is 0 Å². The highest BCUT2D eigenvalue weighted by molar-refractivity contribution is 7.89. The maximum Gasteiger partial charge on any atom is 0.330 e. The minimum atomic E-state index is -3.48. The van der Waals surface area contributed by atoms with Crippen LogP contribution in [0.4, 0.5) is 10.1 Å². The van der Waals surface area contributed by atoms with E-state index in [2.05, 4.69) is 0 Å². The molecule has 1 amide bonds. The summed E-state index contributed by atoms with van der Waals surface area (Å²) in [5.41, 5.74) is 0.771. The first-order valence-electron chi connectivity index (χ1n) is 10.4. The van der Waals surface area contributed by atoms with E-state index in [9.17, 15) is 18.0 Å². The van der Waals surface area contributed by atoms with Crippen LogP contribution in [-0.2, 0) is 30.9 Å². The maximum atomic E-state index is 15.0. The number of amides is 1. The molecule has 10 heteroatoms. The Bertz CT molecular complexity index is 954. The van der Waals surface area contributed by atoms with Gasteiger partial charge in [-0.25, -0.2) is 17.6 Å². The van der Waals surface area contributed by atoms with Gasteiger partial charge in [0.15, 0.2) is 0 Å². The lowest BCUT2D eigenvalue weighted by Gasteiger charge is -2.41. The highest BCUT2D eigenvalue weighted by Gasteiger charge is 2.38. The lowest BCUT2D eigenvalue weighted by molar-refractivity contribution is -0.144. The van der Waals surface area contributed by atoms with Crippen LogP contribution in [0.2, 0.25) is 0 Å². The van der Waals surface area contributed by atoms with Crippen molar-refractivity contribution in [1.82, 2.24) is 9.21 Å². The van der Waals surface area contributed by atoms with Crippen molar-refractivity contribution in [2.75, 3.05) is 31.6 Å². The van der Waals surface area contributed by atoms with E-state index < -0.39 is 33.1 Å². The van der Waals surface area contributed by atoms with Crippen LogP contribution in [0.25, 0.3) is 0 Å². The second kappa shape index (κ2) is 9.12. The van der Waals surface area contributed by atoms with Gasteiger partial charge in [-0.2, -0.15) is 4.31 Å². The molecule has 172 valence electrons. The zero-order valence-electron chi connectivity index (χ0n) is 18.4. The van der Waals surface area contributed by atoms with Gasteiger partial charge in [0.2, 0.25) is 15.9 Å². The van der Waals surface area contributed by atoms with Gasteiger partial charge in [0.1, 0.15) is 11.9 Å². The Morgan fingerprint density at radius 2 is 1.90 bits per heavy atom. The van der Waals surface area contributed by atoms with E-state index in [1.807, 2.05) is 6.92 Å². The number of rotatable bonds is 4. The average Bonchev–Trinajstić information content (AvgIpc) is 2.74. The van der Waals surface area contributed by atoms with Crippen molar-refractivity contribution < 1.29 is 27.1 Å². The number of hydrogen-bond donors (Lipinski definition) is 0. The fourth-order valence-electron chi connectivity index (χ4n) is 4.22. The van der Waals surface area contributed by atoms with E-state index >= 15 is 4.39 Å². The van der Waals surface area contributed by atoms with E-state index in [1.165, 1.54) is 24.4 Å². The van der Waals surface area contributed by atoms with Gasteiger partial charge in [-0.1, -0.05) is 6.07 Å². The Morgan fingerprint density at radius 3 is 2.52 bits per heavy atom. The summed E-state index contributed by atoms with van der Waals surface area (Å²) in [6, 6.07) is 3.64. The molecule has 1 aromatic carbocycles. The molecular weight excluding hydrogens is 425 g/mol. The van der Waals surface area contributed by atoms with E-state index in [-0.39, 0.29) is 30.6 Å². The van der Waals surface area contributed by atoms with Crippen molar-refractivity contribution in [2.24, 2.45) is 0 Å². The summed E-state index contributed by atoms with van der Waals surface area (Å²) in [5, 5.41) is -0.482. The van der Waals surface area contributed by atoms with Crippen LogP contribution in [0, 0.1) is 5.82 Å². The quantitative estimate of drug-likeness (QED) is 0.643. The molecule has 0 aliphatic carbocycles. The summed E-state index contributed by atoms with van der Waals surface area (Å²) in [6.07, 6.45) is 1.34. The molecule has 3 rings (SSSR count). The van der Waals surface area contributed by atoms with E-state index in [1.54, 1.807) is 28.9 Å². The number of benzene rings is 1. The molecular formula is C21H30FN3O5S. The molecule has 3 atom stereocenters. The summed E-state index contributed by atoms with van der Waals surface area (Å²) >= 11 is 0. The predicted octanol–water partition coefficient (Wildman–Crippen LogP) is 1.74. The van der Waals surface area contributed by atoms with Crippen LogP contribution in [0.3, 0.4) is 0 Å². The molecule has 2 aliphatic rings. The molecule has 8 nitrogen and oxygen atoms in total. The van der Waals surface area contributed by atoms with Gasteiger partial charge in [0, 0.05) is 43.9 Å². The molecule has 0 saturated carbocycles. The highest BCUT2D eigenvalue weighted by Crippen LogP contribution is 2.30. The zero-order valence-corrected chi connectivity index (χ0v) is 19.2. The Morgan fingerprint density at radius 1 is 1.19 bits per heavy atom. The molecule has 1 aromatic rings. The Hall–Kier alpha value is -2.20. The molecule has 2 heterocycles. The summed E-state index contributed by atoms with van der Waals surface area (Å²) in [5.74, 6) is -1.17. The van der Waals surface area contributed by atoms with Crippen LogP contribution in [-0.4, -0.2) is 73.6 Å². The van der Waals surface area contributed by atoms with Crippen LogP contribution < -0.4 is 4.90 Å². The number of ether oxygens (including phenoxy) is 1. The molecule has 2 aliphatic heterocycles. The van der Waals surface area contributed by atoms with Crippen molar-refractivity contribution in [2.45, 2.75) is 57.5 Å². The number of esters is 1. The first-order chi connectivity index (χ1) is 14.6. The lowest BCUT2D eigenvalue weighted by atomic mass is 10.1. The first-order valence-corrected chi connectivity index (χ1v) is 12.0. The topological polar surface area (TPSA) is 87.2 Å². The molecule has 2 fully saturated rings. The molecule has 1 unspecified atom stereocenters. The standard InChI is InChI=1S/C21H30FN3O5S/c1-14-5-6-15(2)31(28,29)25(14)12-17-7-8-18(11-19(17)22)24-10-9-23(16(3)26)13-20(24)21(27)30-4/h7-8,11,14-15,20H,5-6,9-10,12-13H2,1-4H3/t14-,15?,20-/m0/s1. The Balaban J connectivity index is 1.84. The molecule has 0 N–H and O–H groups in total. The normalized spacial score (nSPS) is 26.5. The molecule has 2 saturated heterocycles. The molecule has 31 heavy (non-hydrogen) atoms. The van der Waals surface area contributed by atoms with Gasteiger partial charge in [-0.05, 0) is 38.8 Å². The number of halogens is 1. The highest BCUT2D eigenvalue weighted by atomic mass is 32.2. The van der Waals surface area contributed by atoms with Crippen LogP contribution in [0.5, 0.6) is 0 Å². The van der Waals surface area contributed by atoms with Gasteiger partial charge in [-0.15, -0.1) is 0 Å². The van der Waals surface area contributed by atoms with Gasteiger partial charge >= 0.3 is 5.97 Å². The number of nitrogens with zero attached hydrogens (tertiary/aromatic N) is 3. The number of carbonyl (C=O) groups is 2. The monoisotopic (exact) mass is 455 g/mol. The maximum absolute atomic E-state index is 15.0. The minimum Gasteiger partial charge on any atom is -0.467 e. The first kappa shape index (κ1) is 23.5. The second-order valence-corrected chi connectivity index (χ2v) is 10.6. The Kier molecular flexibility index (Phi) is 6.90. The van der Waals surface area contributed by atoms with Crippen LogP contribution in [0.1, 0.15) is 39.2 Å². The molecule has 0 bridgehead atoms. The van der Waals surface area contributed by atoms with E-state index in [0.717, 1.165) is 6.42 Å². The second-order valence-electron chi connectivity index (χ2n) is 8.30. The Labute approximate surface area is 183 Å². The largest absolute Gasteiger partial charge is 0.467 e. The van der Waals surface area contributed by atoms with Crippen LogP contribution in [0.15, 0.2) is 18.2 Å². The number of anilines is 1. The number of methoxy groups -OCH3 is 1. The van der Waals surface area contributed by atoms with Crippen LogP contribution >= 0.6 is 0 Å². The van der Waals surface area contributed by atoms with Gasteiger partial charge in [0.05, 0.1) is 18.9 Å². The van der Waals surface area contributed by atoms with Gasteiger partial charge in [0.25, 0.3) is 0 Å². The number of hydrogen-bond acceptors (Lipinski definition) is 6. The summed E-state index contributed by atoms with van der Waals surface area (Å²) in [6.45, 7) is 5.85. The van der Waals surface area contributed by atoms with E-state index in [4.69, 9.17) is 4.74 Å². The fourth-order valence-corrected chi connectivity index (χ4v) is 6.05. The molecule has 0 aromatic heterocycles. The van der Waals surface area contributed by atoms with Crippen molar-refractivity contribution in [1.29, 1.82) is 0 Å². The summed E-state index contributed by atoms with van der Waals surface area (Å²) < 4.78 is 46.7. The molecule has 0 spiro atoms. The smallest absolute Gasteiger partial charge is 0.330 e. The predicted molar refractivity (Wildman–Crippen MR) is 114 cm³/mol. The fraction of sp³-hybridized carbons (Fsp3) is 0.619. The molecule has 0 radical (unpaired) electrons. The van der Waals surface area contributed by atoms with Gasteiger partial charge < -0.3 is 14.5 Å². The summed E-state index contributed by atoms with van der Waals surface area (Å²) in [4.78, 5) is 27.3. The zero-order chi connectivity index (χ0) is 22.9. The van der Waals surface area contributed by atoms with Crippen molar-refractivity contribution in [3.05, 3.63) is 29.6 Å². The van der Waals surface area contributed by atoms with E-state index in [0.29, 0.717) is 25.2 Å². The third-order valence-corrected chi connectivity index (χ3v) is 8.71. The lowest BCUT2D eigenvalue weighted by Crippen LogP contribution is -2.58. The average molecular weight is 456 g/mol. The van der Waals surface area contributed by atoms with Gasteiger partial charge in [-0.3, -0.25) is 4.79 Å². The van der Waals surface area contributed by atoms with Crippen molar-refractivity contribution in [3.63, 3.8) is 0 Å².